The highest BCUT2D eigenvalue weighted by molar-refractivity contribution is 4.85. The molecular weight excluding hydrogens is 146 g/mol. The largest absolute Gasteiger partial charge is 0.317 e. The van der Waals surface area contributed by atoms with Gasteiger partial charge in [0.25, 0.3) is 0 Å². The third-order valence-corrected chi connectivity index (χ3v) is 2.37. The Balaban J connectivity index is 0.000000120. The molecule has 1 fully saturated rings. The van der Waals surface area contributed by atoms with Crippen molar-refractivity contribution in [3.8, 4) is 0 Å². The van der Waals surface area contributed by atoms with Crippen LogP contribution >= 0.6 is 0 Å². The van der Waals surface area contributed by atoms with E-state index in [4.69, 9.17) is 0 Å². The van der Waals surface area contributed by atoms with Crippen LogP contribution < -0.4 is 5.32 Å². The van der Waals surface area contributed by atoms with Gasteiger partial charge in [0.05, 0.1) is 0 Å². The predicted octanol–water partition coefficient (Wildman–Crippen LogP) is 2.88. The molecule has 0 amide bonds. The van der Waals surface area contributed by atoms with Crippen molar-refractivity contribution in [1.29, 1.82) is 0 Å². The first-order valence-corrected chi connectivity index (χ1v) is 5.36. The lowest BCUT2D eigenvalue weighted by molar-refractivity contribution is 0.520. The molecule has 1 N–H and O–H groups in total. The van der Waals surface area contributed by atoms with Gasteiger partial charge < -0.3 is 5.32 Å². The third kappa shape index (κ3) is 5.36. The molecule has 0 atom stereocenters. The molecule has 1 saturated heterocycles. The van der Waals surface area contributed by atoms with Crippen LogP contribution in [0.15, 0.2) is 12.2 Å². The van der Waals surface area contributed by atoms with Crippen molar-refractivity contribution in [2.45, 2.75) is 44.9 Å². The Morgan fingerprint density at radius 3 is 1.42 bits per heavy atom. The minimum atomic E-state index is 1.25. The maximum absolute atomic E-state index is 3.28. The zero-order valence-electron chi connectivity index (χ0n) is 8.02. The van der Waals surface area contributed by atoms with Crippen LogP contribution in [0.25, 0.3) is 0 Å². The van der Waals surface area contributed by atoms with E-state index < -0.39 is 0 Å². The molecule has 2 rings (SSSR count). The summed E-state index contributed by atoms with van der Waals surface area (Å²) in [5, 5.41) is 3.28. The van der Waals surface area contributed by atoms with Gasteiger partial charge in [0.15, 0.2) is 0 Å². The van der Waals surface area contributed by atoms with Crippen molar-refractivity contribution in [1.82, 2.24) is 5.32 Å². The second-order valence-corrected chi connectivity index (χ2v) is 3.57. The number of rotatable bonds is 0. The third-order valence-electron chi connectivity index (χ3n) is 2.37. The summed E-state index contributed by atoms with van der Waals surface area (Å²) in [6.07, 6.45) is 14.2. The monoisotopic (exact) mass is 167 g/mol. The summed E-state index contributed by atoms with van der Waals surface area (Å²) in [5.74, 6) is 0. The molecule has 0 spiro atoms. The average molecular weight is 167 g/mol. The lowest BCUT2D eigenvalue weighted by Gasteiger charge is -2.08. The first-order valence-electron chi connectivity index (χ1n) is 5.36. The van der Waals surface area contributed by atoms with E-state index in [2.05, 4.69) is 17.5 Å². The molecule has 1 aliphatic heterocycles. The average Bonchev–Trinajstić information content (AvgIpc) is 2.24. The number of piperidine rings is 1. The summed E-state index contributed by atoms with van der Waals surface area (Å²) in [6.45, 7) is 2.50. The van der Waals surface area contributed by atoms with Crippen molar-refractivity contribution >= 4 is 0 Å². The second-order valence-electron chi connectivity index (χ2n) is 3.57. The normalized spacial score (nSPS) is 22.7. The summed E-state index contributed by atoms with van der Waals surface area (Å²) in [4.78, 5) is 0. The second kappa shape index (κ2) is 7.35. The van der Waals surface area contributed by atoms with Gasteiger partial charge in [0, 0.05) is 0 Å². The molecule has 0 saturated carbocycles. The summed E-state index contributed by atoms with van der Waals surface area (Å²) >= 11 is 0. The van der Waals surface area contributed by atoms with Crippen LogP contribution in [0, 0.1) is 0 Å². The molecular formula is C11H21N. The van der Waals surface area contributed by atoms with E-state index in [0.29, 0.717) is 0 Å². The topological polar surface area (TPSA) is 12.0 Å². The van der Waals surface area contributed by atoms with Crippen LogP contribution in [-0.4, -0.2) is 13.1 Å². The molecule has 2 aliphatic rings. The van der Waals surface area contributed by atoms with Gasteiger partial charge in [-0.25, -0.2) is 0 Å². The van der Waals surface area contributed by atoms with Crippen molar-refractivity contribution in [2.75, 3.05) is 13.1 Å². The van der Waals surface area contributed by atoms with E-state index >= 15 is 0 Å². The van der Waals surface area contributed by atoms with Crippen molar-refractivity contribution in [3.63, 3.8) is 0 Å². The standard InChI is InChI=1S/C6H10.C5H11N/c2*1-2-4-6-5-3-1/h1-2H,3-6H2;6H,1-5H2. The molecule has 70 valence electrons. The molecule has 1 aliphatic carbocycles. The van der Waals surface area contributed by atoms with Crippen LogP contribution in [-0.2, 0) is 0 Å². The Labute approximate surface area is 76.2 Å². The predicted molar refractivity (Wildman–Crippen MR) is 54.3 cm³/mol. The van der Waals surface area contributed by atoms with Crippen molar-refractivity contribution in [2.24, 2.45) is 0 Å². The lowest BCUT2D eigenvalue weighted by Crippen LogP contribution is -2.21. The van der Waals surface area contributed by atoms with E-state index in [9.17, 15) is 0 Å². The number of nitrogens with one attached hydrogen (secondary N) is 1. The summed E-state index contributed by atoms with van der Waals surface area (Å²) < 4.78 is 0. The molecule has 0 aromatic carbocycles. The van der Waals surface area contributed by atoms with Crippen LogP contribution in [0.5, 0.6) is 0 Å². The fraction of sp³-hybridized carbons (Fsp3) is 0.818. The van der Waals surface area contributed by atoms with Gasteiger partial charge in [-0.3, -0.25) is 0 Å². The molecule has 12 heavy (non-hydrogen) atoms. The van der Waals surface area contributed by atoms with Crippen molar-refractivity contribution in [3.05, 3.63) is 12.2 Å². The fourth-order valence-electron chi connectivity index (χ4n) is 1.56. The number of hydrogen-bond donors (Lipinski definition) is 1. The Morgan fingerprint density at radius 1 is 0.667 bits per heavy atom. The molecule has 0 aromatic heterocycles. The van der Waals surface area contributed by atoms with Gasteiger partial charge in [-0.1, -0.05) is 18.6 Å². The van der Waals surface area contributed by atoms with E-state index in [0.717, 1.165) is 0 Å². The minimum Gasteiger partial charge on any atom is -0.317 e. The van der Waals surface area contributed by atoms with Gasteiger partial charge in [-0.2, -0.15) is 0 Å². The van der Waals surface area contributed by atoms with E-state index in [1.807, 2.05) is 0 Å². The first kappa shape index (κ1) is 9.79. The summed E-state index contributed by atoms with van der Waals surface area (Å²) in [7, 11) is 0. The molecule has 0 bridgehead atoms. The fourth-order valence-corrected chi connectivity index (χ4v) is 1.56. The summed E-state index contributed by atoms with van der Waals surface area (Å²) in [6, 6.07) is 0. The van der Waals surface area contributed by atoms with E-state index in [1.54, 1.807) is 0 Å². The minimum absolute atomic E-state index is 1.25. The zero-order valence-corrected chi connectivity index (χ0v) is 8.02. The van der Waals surface area contributed by atoms with Gasteiger partial charge in [-0.05, 0) is 51.6 Å². The van der Waals surface area contributed by atoms with E-state index in [-0.39, 0.29) is 0 Å². The van der Waals surface area contributed by atoms with Gasteiger partial charge >= 0.3 is 0 Å². The molecule has 0 unspecified atom stereocenters. The Kier molecular flexibility index (Phi) is 6.00. The maximum Gasteiger partial charge on any atom is -0.00489 e. The molecule has 1 nitrogen and oxygen atoms in total. The van der Waals surface area contributed by atoms with Crippen LogP contribution in [0.1, 0.15) is 44.9 Å². The lowest BCUT2D eigenvalue weighted by atomic mass is 10.1. The SMILES string of the molecule is C1=CCCCC1.C1CCNCC1. The van der Waals surface area contributed by atoms with Gasteiger partial charge in [0.2, 0.25) is 0 Å². The van der Waals surface area contributed by atoms with Crippen LogP contribution in [0.4, 0.5) is 0 Å². The zero-order chi connectivity index (χ0) is 8.49. The molecule has 1 heteroatoms. The highest BCUT2D eigenvalue weighted by atomic mass is 14.9. The number of hydrogen-bond acceptors (Lipinski definition) is 1. The van der Waals surface area contributed by atoms with Crippen LogP contribution in [0.2, 0.25) is 0 Å². The quantitative estimate of drug-likeness (QED) is 0.547. The van der Waals surface area contributed by atoms with Crippen molar-refractivity contribution < 1.29 is 0 Å². The first-order chi connectivity index (χ1) is 6.00. The van der Waals surface area contributed by atoms with Crippen LogP contribution in [0.3, 0.4) is 0 Å². The Bertz CT molecular complexity index is 94.7. The highest BCUT2D eigenvalue weighted by Crippen LogP contribution is 2.07. The number of allylic oxidation sites excluding steroid dienone is 2. The maximum atomic E-state index is 3.28. The Hall–Kier alpha value is -0.300. The molecule has 0 aromatic rings. The van der Waals surface area contributed by atoms with Gasteiger partial charge in [0.1, 0.15) is 0 Å². The molecule has 0 radical (unpaired) electrons. The Morgan fingerprint density at radius 2 is 1.25 bits per heavy atom. The van der Waals surface area contributed by atoms with Gasteiger partial charge in [-0.15, -0.1) is 0 Å². The van der Waals surface area contributed by atoms with E-state index in [1.165, 1.54) is 58.0 Å². The highest BCUT2D eigenvalue weighted by Gasteiger charge is 1.93. The molecule has 1 heterocycles. The smallest absolute Gasteiger partial charge is 0.00489 e. The summed E-state index contributed by atoms with van der Waals surface area (Å²) in [5.41, 5.74) is 0.